The molecule has 0 saturated heterocycles. The summed E-state index contributed by atoms with van der Waals surface area (Å²) in [6.07, 6.45) is 2.48. The first-order chi connectivity index (χ1) is 9.43. The molecule has 0 atom stereocenters. The van der Waals surface area contributed by atoms with Crippen molar-refractivity contribution in [3.8, 4) is 0 Å². The van der Waals surface area contributed by atoms with Crippen LogP contribution in [0.2, 0.25) is 0 Å². The third-order valence-corrected chi connectivity index (χ3v) is 5.47. The highest BCUT2D eigenvalue weighted by atomic mass is 19.4. The Kier molecular flexibility index (Phi) is 5.00. The van der Waals surface area contributed by atoms with Crippen molar-refractivity contribution in [1.82, 2.24) is 4.90 Å². The van der Waals surface area contributed by atoms with Gasteiger partial charge in [0.05, 0.1) is 5.92 Å². The van der Waals surface area contributed by atoms with Crippen molar-refractivity contribution >= 4 is 0 Å². The summed E-state index contributed by atoms with van der Waals surface area (Å²) in [6.45, 7) is 3.51. The van der Waals surface area contributed by atoms with Gasteiger partial charge in [-0.1, -0.05) is 19.8 Å². The van der Waals surface area contributed by atoms with Crippen LogP contribution in [0.5, 0.6) is 0 Å². The lowest BCUT2D eigenvalue weighted by Crippen LogP contribution is -2.59. The normalized spacial score (nSPS) is 33.0. The van der Waals surface area contributed by atoms with E-state index in [1.165, 1.54) is 25.7 Å². The molecule has 0 radical (unpaired) electrons. The van der Waals surface area contributed by atoms with E-state index in [9.17, 15) is 13.2 Å². The zero-order chi connectivity index (χ0) is 14.8. The highest BCUT2D eigenvalue weighted by molar-refractivity contribution is 4.99. The average Bonchev–Trinajstić information content (AvgIpc) is 2.93. The van der Waals surface area contributed by atoms with Crippen molar-refractivity contribution in [2.24, 2.45) is 11.7 Å². The molecule has 2 rings (SSSR count). The van der Waals surface area contributed by atoms with Crippen LogP contribution in [-0.2, 0) is 0 Å². The standard InChI is InChI=1S/C15H27F3N2/c1-2-20(13-5-3-4-6-13)14(11-19)9-7-12(8-10-14)15(16,17)18/h12-13H,2-11,19H2,1H3. The topological polar surface area (TPSA) is 29.3 Å². The van der Waals surface area contributed by atoms with Crippen LogP contribution < -0.4 is 5.73 Å². The first-order valence-corrected chi connectivity index (χ1v) is 7.96. The van der Waals surface area contributed by atoms with Crippen molar-refractivity contribution < 1.29 is 13.2 Å². The molecule has 2 N–H and O–H groups in total. The lowest BCUT2D eigenvalue weighted by molar-refractivity contribution is -0.189. The van der Waals surface area contributed by atoms with E-state index in [1.54, 1.807) is 0 Å². The van der Waals surface area contributed by atoms with Crippen LogP contribution in [0.4, 0.5) is 13.2 Å². The van der Waals surface area contributed by atoms with E-state index >= 15 is 0 Å². The molecule has 0 heterocycles. The maximum Gasteiger partial charge on any atom is 0.391 e. The summed E-state index contributed by atoms with van der Waals surface area (Å²) in [5.41, 5.74) is 5.82. The zero-order valence-corrected chi connectivity index (χ0v) is 12.4. The van der Waals surface area contributed by atoms with E-state index in [1.807, 2.05) is 0 Å². The van der Waals surface area contributed by atoms with E-state index in [0.717, 1.165) is 6.54 Å². The van der Waals surface area contributed by atoms with Gasteiger partial charge in [0.15, 0.2) is 0 Å². The Morgan fingerprint density at radius 2 is 1.65 bits per heavy atom. The third kappa shape index (κ3) is 3.14. The molecule has 0 bridgehead atoms. The van der Waals surface area contributed by atoms with Crippen molar-refractivity contribution in [2.75, 3.05) is 13.1 Å². The minimum absolute atomic E-state index is 0.189. The number of rotatable bonds is 4. The molecule has 2 nitrogen and oxygen atoms in total. The van der Waals surface area contributed by atoms with Gasteiger partial charge in [-0.05, 0) is 45.1 Å². The lowest BCUT2D eigenvalue weighted by Gasteiger charge is -2.50. The molecule has 118 valence electrons. The van der Waals surface area contributed by atoms with E-state index in [-0.39, 0.29) is 18.4 Å². The Morgan fingerprint density at radius 1 is 1.10 bits per heavy atom. The lowest BCUT2D eigenvalue weighted by atomic mass is 9.74. The number of alkyl halides is 3. The smallest absolute Gasteiger partial charge is 0.329 e. The molecule has 0 aromatic carbocycles. The van der Waals surface area contributed by atoms with E-state index in [2.05, 4.69) is 11.8 Å². The van der Waals surface area contributed by atoms with Gasteiger partial charge >= 0.3 is 6.18 Å². The fourth-order valence-electron chi connectivity index (χ4n) is 4.29. The predicted octanol–water partition coefficient (Wildman–Crippen LogP) is 3.70. The number of nitrogens with zero attached hydrogens (tertiary/aromatic N) is 1. The molecule has 2 fully saturated rings. The molecule has 0 aliphatic heterocycles. The molecular weight excluding hydrogens is 265 g/mol. The van der Waals surface area contributed by atoms with Gasteiger partial charge in [0.2, 0.25) is 0 Å². The highest BCUT2D eigenvalue weighted by Crippen LogP contribution is 2.44. The third-order valence-electron chi connectivity index (χ3n) is 5.47. The van der Waals surface area contributed by atoms with Crippen molar-refractivity contribution in [2.45, 2.75) is 76.0 Å². The minimum atomic E-state index is -4.04. The number of halogens is 3. The van der Waals surface area contributed by atoms with E-state index in [0.29, 0.717) is 25.4 Å². The van der Waals surface area contributed by atoms with E-state index < -0.39 is 12.1 Å². The molecule has 0 spiro atoms. The maximum absolute atomic E-state index is 12.8. The largest absolute Gasteiger partial charge is 0.391 e. The quantitative estimate of drug-likeness (QED) is 0.856. The average molecular weight is 292 g/mol. The van der Waals surface area contributed by atoms with E-state index in [4.69, 9.17) is 5.73 Å². The molecule has 0 amide bonds. The van der Waals surface area contributed by atoms with Gasteiger partial charge < -0.3 is 5.73 Å². The fraction of sp³-hybridized carbons (Fsp3) is 1.00. The van der Waals surface area contributed by atoms with Crippen molar-refractivity contribution in [3.63, 3.8) is 0 Å². The minimum Gasteiger partial charge on any atom is -0.329 e. The molecule has 2 saturated carbocycles. The van der Waals surface area contributed by atoms with Gasteiger partial charge in [-0.3, -0.25) is 4.90 Å². The number of nitrogens with two attached hydrogens (primary N) is 1. The molecule has 2 aliphatic carbocycles. The van der Waals surface area contributed by atoms with Crippen LogP contribution in [-0.4, -0.2) is 35.7 Å². The van der Waals surface area contributed by atoms with Crippen LogP contribution in [0.1, 0.15) is 58.3 Å². The van der Waals surface area contributed by atoms with Crippen molar-refractivity contribution in [3.05, 3.63) is 0 Å². The van der Waals surface area contributed by atoms with Crippen LogP contribution >= 0.6 is 0 Å². The second kappa shape index (κ2) is 6.22. The molecule has 0 aromatic rings. The van der Waals surface area contributed by atoms with Gasteiger partial charge in [-0.15, -0.1) is 0 Å². The Morgan fingerprint density at radius 3 is 2.05 bits per heavy atom. The number of likely N-dealkylation sites (N-methyl/N-ethyl adjacent to an activating group) is 1. The van der Waals surface area contributed by atoms with Crippen LogP contribution in [0, 0.1) is 5.92 Å². The molecule has 0 aromatic heterocycles. The van der Waals surface area contributed by atoms with Gasteiger partial charge in [0, 0.05) is 18.1 Å². The summed E-state index contributed by atoms with van der Waals surface area (Å²) >= 11 is 0. The Labute approximate surface area is 119 Å². The number of hydrogen-bond acceptors (Lipinski definition) is 2. The Balaban J connectivity index is 2.06. The SMILES string of the molecule is CCN(C1CCCC1)C1(CN)CCC(C(F)(F)F)CC1. The van der Waals surface area contributed by atoms with Gasteiger partial charge in [0.1, 0.15) is 0 Å². The second-order valence-corrected chi connectivity index (χ2v) is 6.47. The molecule has 20 heavy (non-hydrogen) atoms. The number of hydrogen-bond donors (Lipinski definition) is 1. The van der Waals surface area contributed by atoms with Gasteiger partial charge in [-0.25, -0.2) is 0 Å². The van der Waals surface area contributed by atoms with Crippen LogP contribution in [0.15, 0.2) is 0 Å². The summed E-state index contributed by atoms with van der Waals surface area (Å²) in [5, 5.41) is 0. The first-order valence-electron chi connectivity index (χ1n) is 7.96. The maximum atomic E-state index is 12.8. The first kappa shape index (κ1) is 16.1. The van der Waals surface area contributed by atoms with Gasteiger partial charge in [-0.2, -0.15) is 13.2 Å². The highest BCUT2D eigenvalue weighted by Gasteiger charge is 2.48. The summed E-state index contributed by atoms with van der Waals surface area (Å²) < 4.78 is 38.5. The Bertz CT molecular complexity index is 303. The molecule has 0 unspecified atom stereocenters. The zero-order valence-electron chi connectivity index (χ0n) is 12.4. The summed E-state index contributed by atoms with van der Waals surface area (Å²) in [4.78, 5) is 2.44. The summed E-state index contributed by atoms with van der Waals surface area (Å²) in [6, 6.07) is 0.533. The van der Waals surface area contributed by atoms with Crippen LogP contribution in [0.25, 0.3) is 0 Å². The molecular formula is C15H27F3N2. The second-order valence-electron chi connectivity index (χ2n) is 6.47. The monoisotopic (exact) mass is 292 g/mol. The summed E-state index contributed by atoms with van der Waals surface area (Å²) in [5.74, 6) is -1.12. The predicted molar refractivity (Wildman–Crippen MR) is 74.4 cm³/mol. The fourth-order valence-corrected chi connectivity index (χ4v) is 4.29. The van der Waals surface area contributed by atoms with Gasteiger partial charge in [0.25, 0.3) is 0 Å². The molecule has 2 aliphatic rings. The molecule has 5 heteroatoms. The summed E-state index contributed by atoms with van der Waals surface area (Å²) in [7, 11) is 0. The Hall–Kier alpha value is -0.290. The van der Waals surface area contributed by atoms with Crippen molar-refractivity contribution in [1.29, 1.82) is 0 Å². The van der Waals surface area contributed by atoms with Crippen LogP contribution in [0.3, 0.4) is 0 Å².